The number of amides is 4. The van der Waals surface area contributed by atoms with Crippen molar-refractivity contribution in [3.05, 3.63) is 131 Å². The Balaban J connectivity index is 0.000000247. The first-order chi connectivity index (χ1) is 31.3. The van der Waals surface area contributed by atoms with Gasteiger partial charge in [0.2, 0.25) is 11.8 Å². The highest BCUT2D eigenvalue weighted by Crippen LogP contribution is 2.28. The van der Waals surface area contributed by atoms with Gasteiger partial charge < -0.3 is 39.5 Å². The monoisotopic (exact) mass is 903 g/mol. The zero-order valence-corrected chi connectivity index (χ0v) is 39.4. The molecule has 352 valence electrons. The van der Waals surface area contributed by atoms with E-state index in [-0.39, 0.29) is 48.2 Å². The summed E-state index contributed by atoms with van der Waals surface area (Å²) in [6.45, 7) is 13.8. The summed E-state index contributed by atoms with van der Waals surface area (Å²) < 4.78 is 15.7. The number of nitrogens with zero attached hydrogens (tertiary/aromatic N) is 4. The highest BCUT2D eigenvalue weighted by molar-refractivity contribution is 5.98. The van der Waals surface area contributed by atoms with Crippen molar-refractivity contribution in [1.82, 2.24) is 9.80 Å². The molecule has 2 heterocycles. The zero-order valence-electron chi connectivity index (χ0n) is 39.4. The maximum atomic E-state index is 13.6. The lowest BCUT2D eigenvalue weighted by molar-refractivity contribution is -0.124. The molecule has 0 spiro atoms. The van der Waals surface area contributed by atoms with E-state index in [1.54, 1.807) is 43.9 Å². The number of benzene rings is 4. The summed E-state index contributed by atoms with van der Waals surface area (Å²) in [6, 6.07) is 33.4. The molecule has 2 saturated heterocycles. The number of nitrogens with two attached hydrogens (primary N) is 1. The molecule has 6 rings (SSSR count). The van der Waals surface area contributed by atoms with Crippen molar-refractivity contribution < 1.29 is 43.0 Å². The van der Waals surface area contributed by atoms with Gasteiger partial charge in [-0.25, -0.2) is 14.4 Å². The van der Waals surface area contributed by atoms with Crippen LogP contribution in [0.5, 0.6) is 0 Å². The molecule has 0 atom stereocenters. The Hall–Kier alpha value is -6.54. The number of carbonyl (C=O) groups is 6. The van der Waals surface area contributed by atoms with Gasteiger partial charge in [0.15, 0.2) is 5.78 Å². The normalized spacial score (nSPS) is 14.5. The molecule has 4 aromatic rings. The van der Waals surface area contributed by atoms with Gasteiger partial charge in [-0.2, -0.15) is 0 Å². The van der Waals surface area contributed by atoms with Crippen LogP contribution in [0.1, 0.15) is 99.1 Å². The van der Waals surface area contributed by atoms with Gasteiger partial charge in [0.1, 0.15) is 11.2 Å². The van der Waals surface area contributed by atoms with Gasteiger partial charge in [-0.1, -0.05) is 72.8 Å². The molecule has 0 saturated carbocycles. The Morgan fingerprint density at radius 2 is 0.894 bits per heavy atom. The molecule has 2 fully saturated rings. The molecule has 0 unspecified atom stereocenters. The van der Waals surface area contributed by atoms with Gasteiger partial charge in [-0.15, -0.1) is 0 Å². The number of carbonyl (C=O) groups excluding carboxylic acids is 6. The molecule has 0 aromatic heterocycles. The predicted octanol–water partition coefficient (Wildman–Crippen LogP) is 8.66. The van der Waals surface area contributed by atoms with Crippen molar-refractivity contribution >= 4 is 47.1 Å². The maximum absolute atomic E-state index is 13.6. The molecule has 4 aromatic carbocycles. The molecule has 66 heavy (non-hydrogen) atoms. The largest absolute Gasteiger partial charge is 0.465 e. The van der Waals surface area contributed by atoms with Crippen molar-refractivity contribution in [2.45, 2.75) is 91.5 Å². The molecule has 4 amide bonds. The predicted molar refractivity (Wildman–Crippen MR) is 254 cm³/mol. The second kappa shape index (κ2) is 23.1. The molecule has 14 nitrogen and oxygen atoms in total. The minimum absolute atomic E-state index is 0.0297. The first kappa shape index (κ1) is 50.5. The highest BCUT2D eigenvalue weighted by Gasteiger charge is 2.34. The third-order valence-corrected chi connectivity index (χ3v) is 11.2. The summed E-state index contributed by atoms with van der Waals surface area (Å²) in [5.74, 6) is -0.807. The first-order valence-electron chi connectivity index (χ1n) is 22.5. The smallest absolute Gasteiger partial charge is 0.410 e. The van der Waals surface area contributed by atoms with Crippen molar-refractivity contribution in [3.63, 3.8) is 0 Å². The second-order valence-corrected chi connectivity index (χ2v) is 18.5. The van der Waals surface area contributed by atoms with Gasteiger partial charge in [0, 0.05) is 55.0 Å². The lowest BCUT2D eigenvalue weighted by Crippen LogP contribution is -2.45. The van der Waals surface area contributed by atoms with Crippen LogP contribution in [0.15, 0.2) is 109 Å². The minimum Gasteiger partial charge on any atom is -0.465 e. The van der Waals surface area contributed by atoms with E-state index in [2.05, 4.69) is 0 Å². The van der Waals surface area contributed by atoms with Crippen LogP contribution < -0.4 is 15.5 Å². The number of piperidine rings is 2. The SMILES string of the molecule is CC(C)(C)OC(=O)N1CCC(C(=O)N(Cc2ccc(C(=O)CN)cc2)c2ccccc2)CC1.COC(=O)c1ccc(CN(C(=O)C2CCN(C(=O)OC(C)(C)C)CC2)c2ccccc2)cc1. The fraction of sp³-hybridized carbons (Fsp3) is 0.423. The first-order valence-corrected chi connectivity index (χ1v) is 22.5. The summed E-state index contributed by atoms with van der Waals surface area (Å²) in [6.07, 6.45) is 1.68. The molecule has 0 aliphatic carbocycles. The van der Waals surface area contributed by atoms with Crippen molar-refractivity contribution in [2.24, 2.45) is 17.6 Å². The Bertz CT molecular complexity index is 2080. The lowest BCUT2D eigenvalue weighted by atomic mass is 9.95. The van der Waals surface area contributed by atoms with E-state index in [1.807, 2.05) is 126 Å². The van der Waals surface area contributed by atoms with E-state index in [9.17, 15) is 28.8 Å². The fourth-order valence-corrected chi connectivity index (χ4v) is 7.66. The van der Waals surface area contributed by atoms with E-state index in [4.69, 9.17) is 19.9 Å². The number of para-hydroxylation sites is 2. The summed E-state index contributed by atoms with van der Waals surface area (Å²) in [5.41, 5.74) is 8.85. The van der Waals surface area contributed by atoms with Crippen molar-refractivity contribution in [3.8, 4) is 0 Å². The second-order valence-electron chi connectivity index (χ2n) is 18.5. The molecule has 0 bridgehead atoms. The zero-order chi connectivity index (χ0) is 48.0. The van der Waals surface area contributed by atoms with Crippen LogP contribution in [-0.4, -0.2) is 96.6 Å². The van der Waals surface area contributed by atoms with Crippen LogP contribution in [-0.2, 0) is 36.9 Å². The van der Waals surface area contributed by atoms with Gasteiger partial charge in [0.25, 0.3) is 0 Å². The maximum Gasteiger partial charge on any atom is 0.410 e. The van der Waals surface area contributed by atoms with Gasteiger partial charge in [-0.3, -0.25) is 14.4 Å². The van der Waals surface area contributed by atoms with Crippen molar-refractivity contribution in [1.29, 1.82) is 0 Å². The van der Waals surface area contributed by atoms with E-state index in [0.29, 0.717) is 76.1 Å². The van der Waals surface area contributed by atoms with Crippen LogP contribution in [0, 0.1) is 11.8 Å². The number of ether oxygens (including phenoxy) is 3. The molecule has 2 aliphatic rings. The quantitative estimate of drug-likeness (QED) is 0.0874. The van der Waals surface area contributed by atoms with E-state index >= 15 is 0 Å². The molecular weight excluding hydrogens is 839 g/mol. The summed E-state index contributed by atoms with van der Waals surface area (Å²) in [4.78, 5) is 82.2. The number of ketones is 1. The third kappa shape index (κ3) is 14.7. The average Bonchev–Trinajstić information content (AvgIpc) is 3.31. The van der Waals surface area contributed by atoms with Crippen LogP contribution in [0.2, 0.25) is 0 Å². The molecule has 2 aliphatic heterocycles. The molecule has 2 N–H and O–H groups in total. The average molecular weight is 904 g/mol. The number of Topliss-reactive ketones (excluding diaryl/α,β-unsaturated/α-hetero) is 1. The highest BCUT2D eigenvalue weighted by atomic mass is 16.6. The van der Waals surface area contributed by atoms with E-state index < -0.39 is 17.2 Å². The molecular formula is C52H65N5O9. The Morgan fingerprint density at radius 3 is 1.21 bits per heavy atom. The third-order valence-electron chi connectivity index (χ3n) is 11.2. The Kier molecular flexibility index (Phi) is 17.6. The van der Waals surface area contributed by atoms with E-state index in [1.165, 1.54) is 7.11 Å². The van der Waals surface area contributed by atoms with Gasteiger partial charge >= 0.3 is 18.2 Å². The number of hydrogen-bond donors (Lipinski definition) is 1. The number of methoxy groups -OCH3 is 1. The van der Waals surface area contributed by atoms with Crippen molar-refractivity contribution in [2.75, 3.05) is 49.6 Å². The summed E-state index contributed by atoms with van der Waals surface area (Å²) in [7, 11) is 1.35. The topological polar surface area (TPSA) is 169 Å². The Morgan fingerprint density at radius 1 is 0.545 bits per heavy atom. The number of likely N-dealkylation sites (tertiary alicyclic amines) is 2. The van der Waals surface area contributed by atoms with Crippen LogP contribution in [0.3, 0.4) is 0 Å². The van der Waals surface area contributed by atoms with Crippen LogP contribution >= 0.6 is 0 Å². The molecule has 0 radical (unpaired) electrons. The lowest BCUT2D eigenvalue weighted by Gasteiger charge is -2.35. The summed E-state index contributed by atoms with van der Waals surface area (Å²) in [5, 5.41) is 0. The van der Waals surface area contributed by atoms with Crippen LogP contribution in [0.4, 0.5) is 21.0 Å². The van der Waals surface area contributed by atoms with Gasteiger partial charge in [-0.05, 0) is 115 Å². The number of hydrogen-bond acceptors (Lipinski definition) is 10. The van der Waals surface area contributed by atoms with Gasteiger partial charge in [0.05, 0.1) is 32.3 Å². The standard InChI is InChI=1S/C26H33N3O4.C26H32N2O5/c1-26(2,3)33-25(32)28-15-13-21(14-16-28)24(31)29(22-7-5-4-6-8-22)18-19-9-11-20(12-10-19)23(30)17-27;1-26(2,3)33-25(31)27-16-14-20(15-17-27)23(29)28(22-8-6-5-7-9-22)18-19-10-12-21(13-11-19)24(30)32-4/h4-12,21H,13-18,27H2,1-3H3;5-13,20H,14-18H2,1-4H3. The van der Waals surface area contributed by atoms with Crippen LogP contribution in [0.25, 0.3) is 0 Å². The van der Waals surface area contributed by atoms with E-state index in [0.717, 1.165) is 22.5 Å². The fourth-order valence-electron chi connectivity index (χ4n) is 7.66. The Labute approximate surface area is 389 Å². The summed E-state index contributed by atoms with van der Waals surface area (Å²) >= 11 is 0. The molecule has 14 heteroatoms. The number of rotatable bonds is 11. The number of esters is 1. The minimum atomic E-state index is -0.544. The number of anilines is 2.